The highest BCUT2D eigenvalue weighted by Crippen LogP contribution is 2.24. The van der Waals surface area contributed by atoms with Gasteiger partial charge in [0.25, 0.3) is 5.91 Å². The van der Waals surface area contributed by atoms with Crippen LogP contribution in [0.15, 0.2) is 57.9 Å². The first kappa shape index (κ1) is 24.9. The van der Waals surface area contributed by atoms with Gasteiger partial charge >= 0.3 is 0 Å². The summed E-state index contributed by atoms with van der Waals surface area (Å²) < 4.78 is 11.5. The van der Waals surface area contributed by atoms with Gasteiger partial charge in [-0.15, -0.1) is 24.0 Å². The number of carbonyl (C=O) groups is 1. The summed E-state index contributed by atoms with van der Waals surface area (Å²) in [6.45, 7) is 3.44. The third-order valence-corrected chi connectivity index (χ3v) is 5.52. The number of nitrogens with zero attached hydrogens (tertiary/aromatic N) is 1. The molecular formula is C25H31IN4O3. The molecule has 1 aromatic heterocycles. The molecule has 33 heavy (non-hydrogen) atoms. The van der Waals surface area contributed by atoms with E-state index in [0.29, 0.717) is 18.3 Å². The van der Waals surface area contributed by atoms with Crippen LogP contribution in [0.2, 0.25) is 0 Å². The molecule has 1 saturated carbocycles. The lowest BCUT2D eigenvalue weighted by Crippen LogP contribution is -2.37. The molecule has 0 spiro atoms. The standard InChI is InChI=1S/C25H30N4O3.HI/c1-17-21-5-3-4-6-22(21)32-23(17)15-28-25(26-2)27-14-13-18-7-11-20(12-8-18)31-16-24(30)29-19-9-10-19;/h3-8,11-12,19H,9-10,13-16H2,1-2H3,(H,29,30)(H2,26,27,28);1H. The van der Waals surface area contributed by atoms with E-state index in [1.54, 1.807) is 7.05 Å². The number of rotatable bonds is 9. The molecule has 0 radical (unpaired) electrons. The minimum Gasteiger partial charge on any atom is -0.484 e. The summed E-state index contributed by atoms with van der Waals surface area (Å²) in [5, 5.41) is 10.7. The lowest BCUT2D eigenvalue weighted by Gasteiger charge is -2.12. The molecule has 1 heterocycles. The lowest BCUT2D eigenvalue weighted by atomic mass is 10.1. The van der Waals surface area contributed by atoms with Crippen molar-refractivity contribution < 1.29 is 13.9 Å². The number of guanidine groups is 1. The quantitative estimate of drug-likeness (QED) is 0.209. The van der Waals surface area contributed by atoms with Gasteiger partial charge in [-0.2, -0.15) is 0 Å². The SMILES string of the molecule is CN=C(NCCc1ccc(OCC(=O)NC2CC2)cc1)NCc1oc2ccccc2c1C.I. The van der Waals surface area contributed by atoms with E-state index in [2.05, 4.69) is 33.9 Å². The van der Waals surface area contributed by atoms with Gasteiger partial charge in [-0.3, -0.25) is 9.79 Å². The van der Waals surface area contributed by atoms with Gasteiger partial charge in [-0.25, -0.2) is 0 Å². The molecule has 0 atom stereocenters. The Hall–Kier alpha value is -2.75. The van der Waals surface area contributed by atoms with Gasteiger partial charge in [0.15, 0.2) is 12.6 Å². The number of benzene rings is 2. The van der Waals surface area contributed by atoms with Crippen LogP contribution in [0.1, 0.15) is 29.7 Å². The number of nitrogens with one attached hydrogen (secondary N) is 3. The maximum atomic E-state index is 11.7. The molecule has 2 aromatic carbocycles. The maximum Gasteiger partial charge on any atom is 0.258 e. The average molecular weight is 562 g/mol. The Balaban J connectivity index is 0.00000306. The summed E-state index contributed by atoms with van der Waals surface area (Å²) >= 11 is 0. The van der Waals surface area contributed by atoms with E-state index in [4.69, 9.17) is 9.15 Å². The number of fused-ring (bicyclic) bond motifs is 1. The van der Waals surface area contributed by atoms with Crippen molar-refractivity contribution >= 4 is 46.8 Å². The Morgan fingerprint density at radius 1 is 1.12 bits per heavy atom. The van der Waals surface area contributed by atoms with Crippen molar-refractivity contribution in [1.29, 1.82) is 0 Å². The number of carbonyl (C=O) groups excluding carboxylic acids is 1. The molecule has 3 aromatic rings. The minimum absolute atomic E-state index is 0. The first-order valence-corrected chi connectivity index (χ1v) is 11.0. The van der Waals surface area contributed by atoms with Crippen molar-refractivity contribution in [2.45, 2.75) is 38.8 Å². The Bertz CT molecular complexity index is 1090. The zero-order chi connectivity index (χ0) is 22.3. The highest BCUT2D eigenvalue weighted by Gasteiger charge is 2.23. The third-order valence-electron chi connectivity index (χ3n) is 5.52. The predicted molar refractivity (Wildman–Crippen MR) is 141 cm³/mol. The molecule has 7 nitrogen and oxygen atoms in total. The average Bonchev–Trinajstić information content (AvgIpc) is 3.57. The lowest BCUT2D eigenvalue weighted by molar-refractivity contribution is -0.123. The van der Waals surface area contributed by atoms with Crippen molar-refractivity contribution in [2.24, 2.45) is 4.99 Å². The zero-order valence-electron chi connectivity index (χ0n) is 19.0. The summed E-state index contributed by atoms with van der Waals surface area (Å²) in [5.74, 6) is 2.28. The molecule has 3 N–H and O–H groups in total. The molecule has 1 aliphatic rings. The molecule has 8 heteroatoms. The number of aliphatic imine (C=N–C) groups is 1. The van der Waals surface area contributed by atoms with Gasteiger partial charge in [0.1, 0.15) is 17.1 Å². The van der Waals surface area contributed by atoms with Gasteiger partial charge in [-0.1, -0.05) is 30.3 Å². The highest BCUT2D eigenvalue weighted by molar-refractivity contribution is 14.0. The van der Waals surface area contributed by atoms with Gasteiger partial charge in [-0.05, 0) is 49.9 Å². The van der Waals surface area contributed by atoms with Crippen molar-refractivity contribution in [3.63, 3.8) is 0 Å². The van der Waals surface area contributed by atoms with Crippen LogP contribution in [-0.2, 0) is 17.8 Å². The topological polar surface area (TPSA) is 87.9 Å². The monoisotopic (exact) mass is 562 g/mol. The fraction of sp³-hybridized carbons (Fsp3) is 0.360. The molecule has 0 unspecified atom stereocenters. The minimum atomic E-state index is -0.0579. The Kier molecular flexibility index (Phi) is 8.99. The summed E-state index contributed by atoms with van der Waals surface area (Å²) in [4.78, 5) is 16.0. The van der Waals surface area contributed by atoms with Crippen LogP contribution in [-0.4, -0.2) is 38.1 Å². The first-order valence-electron chi connectivity index (χ1n) is 11.0. The van der Waals surface area contributed by atoms with E-state index in [1.807, 2.05) is 42.5 Å². The van der Waals surface area contributed by atoms with Crippen molar-refractivity contribution in [3.8, 4) is 5.75 Å². The maximum absolute atomic E-state index is 11.7. The Labute approximate surface area is 211 Å². The highest BCUT2D eigenvalue weighted by atomic mass is 127. The Morgan fingerprint density at radius 3 is 2.58 bits per heavy atom. The number of hydrogen-bond donors (Lipinski definition) is 3. The molecule has 0 saturated heterocycles. The molecule has 4 rings (SSSR count). The zero-order valence-corrected chi connectivity index (χ0v) is 21.3. The number of ether oxygens (including phenoxy) is 1. The number of furan rings is 1. The van der Waals surface area contributed by atoms with E-state index < -0.39 is 0 Å². The van der Waals surface area contributed by atoms with Crippen LogP contribution < -0.4 is 20.7 Å². The van der Waals surface area contributed by atoms with Crippen LogP contribution in [0.5, 0.6) is 5.75 Å². The fourth-order valence-corrected chi connectivity index (χ4v) is 3.50. The normalized spacial score (nSPS) is 13.3. The summed E-state index contributed by atoms with van der Waals surface area (Å²) in [6.07, 6.45) is 2.99. The number of para-hydroxylation sites is 1. The van der Waals surface area contributed by atoms with E-state index in [1.165, 1.54) is 5.56 Å². The van der Waals surface area contributed by atoms with Crippen LogP contribution in [0.25, 0.3) is 11.0 Å². The van der Waals surface area contributed by atoms with Gasteiger partial charge in [0.2, 0.25) is 0 Å². The van der Waals surface area contributed by atoms with Crippen LogP contribution in [0, 0.1) is 6.92 Å². The second-order valence-corrected chi connectivity index (χ2v) is 8.02. The first-order chi connectivity index (χ1) is 15.6. The molecule has 0 aliphatic heterocycles. The summed E-state index contributed by atoms with van der Waals surface area (Å²) in [6, 6.07) is 16.2. The van der Waals surface area contributed by atoms with Crippen LogP contribution in [0.4, 0.5) is 0 Å². The number of aryl methyl sites for hydroxylation is 1. The number of hydrogen-bond acceptors (Lipinski definition) is 4. The van der Waals surface area contributed by atoms with E-state index >= 15 is 0 Å². The molecule has 0 bridgehead atoms. The van der Waals surface area contributed by atoms with E-state index in [-0.39, 0.29) is 36.5 Å². The molecule has 1 aliphatic carbocycles. The summed E-state index contributed by atoms with van der Waals surface area (Å²) in [7, 11) is 1.76. The van der Waals surface area contributed by atoms with E-state index in [9.17, 15) is 4.79 Å². The summed E-state index contributed by atoms with van der Waals surface area (Å²) in [5.41, 5.74) is 3.23. The second-order valence-electron chi connectivity index (χ2n) is 8.02. The Morgan fingerprint density at radius 2 is 1.88 bits per heavy atom. The molecule has 1 amide bonds. The van der Waals surface area contributed by atoms with Crippen LogP contribution in [0.3, 0.4) is 0 Å². The predicted octanol–water partition coefficient (Wildman–Crippen LogP) is 3.92. The van der Waals surface area contributed by atoms with Gasteiger partial charge in [0, 0.05) is 30.6 Å². The van der Waals surface area contributed by atoms with E-state index in [0.717, 1.165) is 54.1 Å². The fourth-order valence-electron chi connectivity index (χ4n) is 3.50. The van der Waals surface area contributed by atoms with Crippen molar-refractivity contribution in [1.82, 2.24) is 16.0 Å². The molecular weight excluding hydrogens is 531 g/mol. The molecule has 176 valence electrons. The second kappa shape index (κ2) is 11.9. The largest absolute Gasteiger partial charge is 0.484 e. The van der Waals surface area contributed by atoms with Crippen LogP contribution >= 0.6 is 24.0 Å². The number of halogens is 1. The molecule has 1 fully saturated rings. The smallest absolute Gasteiger partial charge is 0.258 e. The number of amides is 1. The van der Waals surface area contributed by atoms with Crippen molar-refractivity contribution in [2.75, 3.05) is 20.2 Å². The van der Waals surface area contributed by atoms with Gasteiger partial charge < -0.3 is 25.1 Å². The van der Waals surface area contributed by atoms with Crippen molar-refractivity contribution in [3.05, 3.63) is 65.4 Å². The third kappa shape index (κ3) is 7.12. The van der Waals surface area contributed by atoms with Gasteiger partial charge in [0.05, 0.1) is 6.54 Å².